The fourth-order valence-electron chi connectivity index (χ4n) is 2.71. The van der Waals surface area contributed by atoms with Crippen molar-refractivity contribution in [3.8, 4) is 17.6 Å². The van der Waals surface area contributed by atoms with Crippen LogP contribution >= 0.6 is 0 Å². The van der Waals surface area contributed by atoms with E-state index in [1.54, 1.807) is 12.1 Å². The molecule has 0 aliphatic carbocycles. The second kappa shape index (κ2) is 8.86. The molecule has 7 nitrogen and oxygen atoms in total. The third-order valence-electron chi connectivity index (χ3n) is 4.60. The van der Waals surface area contributed by atoms with Crippen LogP contribution in [-0.2, 0) is 6.54 Å². The Bertz CT molecular complexity index is 1220. The van der Waals surface area contributed by atoms with Crippen LogP contribution in [0.2, 0.25) is 0 Å². The highest BCUT2D eigenvalue weighted by Gasteiger charge is 2.70. The minimum Gasteiger partial charge on any atom is -0.372 e. The number of aromatic nitrogens is 4. The molecule has 3 rings (SSSR count). The summed E-state index contributed by atoms with van der Waals surface area (Å²) in [6, 6.07) is 8.48. The normalized spacial score (nSPS) is 12.5. The topological polar surface area (TPSA) is 99.7 Å². The molecule has 3 aromatic rings. The van der Waals surface area contributed by atoms with E-state index in [-0.39, 0.29) is 23.5 Å². The van der Waals surface area contributed by atoms with Gasteiger partial charge in [0.25, 0.3) is 5.60 Å². The third-order valence-corrected chi connectivity index (χ3v) is 4.60. The molecule has 0 amide bonds. The van der Waals surface area contributed by atoms with Gasteiger partial charge in [0.2, 0.25) is 0 Å². The molecule has 0 unspecified atom stereocenters. The molecular formula is C19H12F8N6O. The molecule has 0 saturated carbocycles. The molecule has 15 heteroatoms. The lowest BCUT2D eigenvalue weighted by molar-refractivity contribution is -0.362. The Labute approximate surface area is 185 Å². The molecule has 0 saturated heterocycles. The number of nitriles is 1. The molecule has 0 bridgehead atoms. The molecule has 0 fully saturated rings. The van der Waals surface area contributed by atoms with Crippen molar-refractivity contribution in [3.05, 3.63) is 59.4 Å². The molecule has 0 aliphatic heterocycles. The predicted molar refractivity (Wildman–Crippen MR) is 99.0 cm³/mol. The summed E-state index contributed by atoms with van der Waals surface area (Å²) in [5.41, 5.74) is -5.33. The van der Waals surface area contributed by atoms with Crippen LogP contribution in [0.4, 0.5) is 40.9 Å². The van der Waals surface area contributed by atoms with Crippen molar-refractivity contribution in [2.45, 2.75) is 24.5 Å². The summed E-state index contributed by atoms with van der Waals surface area (Å²) in [6.45, 7) is -2.40. The minimum absolute atomic E-state index is 0.107. The molecule has 0 aliphatic rings. The van der Waals surface area contributed by atoms with Gasteiger partial charge in [-0.05, 0) is 6.07 Å². The van der Waals surface area contributed by atoms with E-state index in [1.807, 2.05) is 0 Å². The lowest BCUT2D eigenvalue weighted by Gasteiger charge is -2.32. The number of nitrogens with zero attached hydrogens (tertiary/aromatic N) is 5. The predicted octanol–water partition coefficient (Wildman–Crippen LogP) is 3.81. The van der Waals surface area contributed by atoms with Gasteiger partial charge in [0.05, 0.1) is 19.3 Å². The number of halogens is 8. The summed E-state index contributed by atoms with van der Waals surface area (Å²) >= 11 is 0. The quantitative estimate of drug-likeness (QED) is 0.508. The minimum atomic E-state index is -6.13. The average Bonchev–Trinajstić information content (AvgIpc) is 3.15. The van der Waals surface area contributed by atoms with Crippen molar-refractivity contribution in [1.29, 1.82) is 5.26 Å². The Morgan fingerprint density at radius 3 is 2.26 bits per heavy atom. The first kappa shape index (κ1) is 24.8. The van der Waals surface area contributed by atoms with E-state index in [9.17, 15) is 45.5 Å². The van der Waals surface area contributed by atoms with E-state index < -0.39 is 47.8 Å². The van der Waals surface area contributed by atoms with Crippen molar-refractivity contribution in [2.75, 3.05) is 11.9 Å². The first-order chi connectivity index (χ1) is 15.8. The second-order valence-corrected chi connectivity index (χ2v) is 6.88. The number of alkyl halides is 6. The van der Waals surface area contributed by atoms with Gasteiger partial charge < -0.3 is 10.4 Å². The van der Waals surface area contributed by atoms with Crippen molar-refractivity contribution in [3.63, 3.8) is 0 Å². The van der Waals surface area contributed by atoms with E-state index in [0.717, 1.165) is 10.7 Å². The zero-order chi connectivity index (χ0) is 25.3. The summed E-state index contributed by atoms with van der Waals surface area (Å²) < 4.78 is 106. The summed E-state index contributed by atoms with van der Waals surface area (Å²) in [7, 11) is 0. The molecule has 0 spiro atoms. The first-order valence-electron chi connectivity index (χ1n) is 9.11. The Morgan fingerprint density at radius 1 is 1.03 bits per heavy atom. The smallest absolute Gasteiger partial charge is 0.372 e. The van der Waals surface area contributed by atoms with Gasteiger partial charge in [0.15, 0.2) is 17.5 Å². The number of anilines is 1. The van der Waals surface area contributed by atoms with Gasteiger partial charge in [-0.2, -0.15) is 36.7 Å². The van der Waals surface area contributed by atoms with Gasteiger partial charge in [0, 0.05) is 11.6 Å². The third kappa shape index (κ3) is 4.76. The fourth-order valence-corrected chi connectivity index (χ4v) is 2.71. The second-order valence-electron chi connectivity index (χ2n) is 6.88. The molecule has 2 heterocycles. The first-order valence-corrected chi connectivity index (χ1v) is 9.11. The highest BCUT2D eigenvalue weighted by molar-refractivity contribution is 5.54. The van der Waals surface area contributed by atoms with E-state index in [4.69, 9.17) is 0 Å². The standard InChI is InChI=1S/C19H12F8N6O/c20-12-4-2-1-3-10(12)8-33-11(6-28)5-14(32-33)16-29-7-13(21)15(31-16)30-9-17(34,18(22,23)24)19(25,26)27/h1-5,7,34H,8-9H2,(H,29,30,31). The summed E-state index contributed by atoms with van der Waals surface area (Å²) in [5.74, 6) is -3.55. The largest absolute Gasteiger partial charge is 0.428 e. The maximum atomic E-state index is 14.0. The summed E-state index contributed by atoms with van der Waals surface area (Å²) in [5, 5.41) is 24.0. The Morgan fingerprint density at radius 2 is 1.68 bits per heavy atom. The number of hydrogen-bond acceptors (Lipinski definition) is 6. The zero-order valence-electron chi connectivity index (χ0n) is 16.6. The summed E-state index contributed by atoms with van der Waals surface area (Å²) in [6.07, 6.45) is -11.8. The highest BCUT2D eigenvalue weighted by Crippen LogP contribution is 2.43. The maximum absolute atomic E-state index is 14.0. The molecule has 2 aromatic heterocycles. The van der Waals surface area contributed by atoms with E-state index in [0.29, 0.717) is 6.20 Å². The van der Waals surface area contributed by atoms with Gasteiger partial charge in [-0.3, -0.25) is 0 Å². The SMILES string of the molecule is N#Cc1cc(-c2ncc(F)c(NCC(O)(C(F)(F)F)C(F)(F)F)n2)nn1Cc1ccccc1F. The van der Waals surface area contributed by atoms with Crippen LogP contribution in [-0.4, -0.2) is 49.4 Å². The van der Waals surface area contributed by atoms with Gasteiger partial charge >= 0.3 is 12.4 Å². The Kier molecular flexibility index (Phi) is 6.47. The van der Waals surface area contributed by atoms with Crippen molar-refractivity contribution < 1.29 is 40.2 Å². The molecule has 180 valence electrons. The van der Waals surface area contributed by atoms with E-state index in [1.165, 1.54) is 23.5 Å². The number of benzene rings is 1. The fraction of sp³-hybridized carbons (Fsp3) is 0.263. The summed E-state index contributed by atoms with van der Waals surface area (Å²) in [4.78, 5) is 7.09. The Balaban J connectivity index is 1.91. The van der Waals surface area contributed by atoms with E-state index in [2.05, 4.69) is 15.1 Å². The molecule has 0 radical (unpaired) electrons. The van der Waals surface area contributed by atoms with Crippen molar-refractivity contribution >= 4 is 5.82 Å². The molecular weight excluding hydrogens is 480 g/mol. The van der Waals surface area contributed by atoms with Crippen LogP contribution in [0.25, 0.3) is 11.5 Å². The number of hydrogen-bond donors (Lipinski definition) is 2. The number of aliphatic hydroxyl groups is 1. The number of rotatable bonds is 6. The van der Waals surface area contributed by atoms with Gasteiger partial charge in [-0.1, -0.05) is 18.2 Å². The van der Waals surface area contributed by atoms with Crippen LogP contribution in [0.5, 0.6) is 0 Å². The molecule has 2 N–H and O–H groups in total. The molecule has 1 aromatic carbocycles. The molecule has 0 atom stereocenters. The van der Waals surface area contributed by atoms with Crippen LogP contribution in [0, 0.1) is 23.0 Å². The van der Waals surface area contributed by atoms with E-state index >= 15 is 0 Å². The van der Waals surface area contributed by atoms with Crippen molar-refractivity contribution in [2.24, 2.45) is 0 Å². The molecule has 34 heavy (non-hydrogen) atoms. The lowest BCUT2D eigenvalue weighted by Crippen LogP contribution is -2.61. The maximum Gasteiger partial charge on any atom is 0.428 e. The lowest BCUT2D eigenvalue weighted by atomic mass is 10.0. The van der Waals surface area contributed by atoms with Gasteiger partial charge in [-0.15, -0.1) is 0 Å². The monoisotopic (exact) mass is 492 g/mol. The van der Waals surface area contributed by atoms with Crippen LogP contribution in [0.3, 0.4) is 0 Å². The highest BCUT2D eigenvalue weighted by atomic mass is 19.4. The van der Waals surface area contributed by atoms with Crippen molar-refractivity contribution in [1.82, 2.24) is 19.7 Å². The van der Waals surface area contributed by atoms with Crippen LogP contribution < -0.4 is 5.32 Å². The van der Waals surface area contributed by atoms with Crippen LogP contribution in [0.1, 0.15) is 11.3 Å². The van der Waals surface area contributed by atoms with Gasteiger partial charge in [-0.25, -0.2) is 23.4 Å². The average molecular weight is 492 g/mol. The van der Waals surface area contributed by atoms with Gasteiger partial charge in [0.1, 0.15) is 23.3 Å². The Hall–Kier alpha value is -3.80. The number of nitrogens with one attached hydrogen (secondary N) is 1. The zero-order valence-corrected chi connectivity index (χ0v) is 16.6. The van der Waals surface area contributed by atoms with Crippen LogP contribution in [0.15, 0.2) is 36.5 Å².